The number of pyridine rings is 1. The predicted molar refractivity (Wildman–Crippen MR) is 247 cm³/mol. The molecule has 0 spiro atoms. The second kappa shape index (κ2) is 18.7. The molecule has 2 amide bonds. The number of allylic oxidation sites excluding steroid dienone is 2. The molecule has 0 bridgehead atoms. The number of nitrogens with one attached hydrogen (secondary N) is 1. The Kier molecular flexibility index (Phi) is 13.4. The molecule has 0 radical (unpaired) electrons. The number of fused-ring (bicyclic) bond motifs is 3. The number of carbonyl (C=O) groups excluding carboxylic acids is 4. The van der Waals surface area contributed by atoms with Crippen LogP contribution in [0.3, 0.4) is 0 Å². The lowest BCUT2D eigenvalue weighted by molar-refractivity contribution is -0.160. The molecule has 2 aromatic carbocycles. The minimum absolute atomic E-state index is 0.0265. The van der Waals surface area contributed by atoms with Crippen molar-refractivity contribution in [2.24, 2.45) is 29.1 Å². The SMILES string of the molecule is COc1ccc2c(O[C@@H]3C[C@H]4C(=O)C[C@]5(C(=O)NS(=O)(=O)C6CC6)C[C@H]5/C=C\CC[C@@H](C)C[C@@H](C)[C@H](CC(=O)OC(C)(C)C)C(=O)N4C3)nc(-c3ccc(N4CCOCC4)cc3)cc2c1. The van der Waals surface area contributed by atoms with Crippen molar-refractivity contribution in [2.75, 3.05) is 44.9 Å². The summed E-state index contributed by atoms with van der Waals surface area (Å²) in [6.45, 7) is 12.5. The zero-order chi connectivity index (χ0) is 46.3. The summed E-state index contributed by atoms with van der Waals surface area (Å²) in [5, 5.41) is 0.926. The molecule has 1 N–H and O–H groups in total. The molecule has 15 heteroatoms. The number of Topliss-reactive ketones (excluding diaryl/α,β-unsaturated/α-hetero) is 1. The van der Waals surface area contributed by atoms with Gasteiger partial charge >= 0.3 is 5.97 Å². The summed E-state index contributed by atoms with van der Waals surface area (Å²) in [6.07, 6.45) is 6.43. The zero-order valence-corrected chi connectivity index (χ0v) is 39.4. The number of morpholine rings is 1. The highest BCUT2D eigenvalue weighted by Gasteiger charge is 2.61. The maximum Gasteiger partial charge on any atom is 0.307 e. The molecule has 14 nitrogen and oxygen atoms in total. The number of aromatic nitrogens is 1. The first-order chi connectivity index (χ1) is 30.9. The van der Waals surface area contributed by atoms with E-state index in [-0.39, 0.29) is 55.3 Å². The van der Waals surface area contributed by atoms with E-state index < -0.39 is 56.2 Å². The summed E-state index contributed by atoms with van der Waals surface area (Å²) in [6, 6.07) is 14.8. The number of methoxy groups -OCH3 is 1. The van der Waals surface area contributed by atoms with Gasteiger partial charge in [-0.25, -0.2) is 13.4 Å². The van der Waals surface area contributed by atoms with E-state index in [2.05, 4.69) is 28.7 Å². The van der Waals surface area contributed by atoms with Crippen LogP contribution in [0.2, 0.25) is 0 Å². The summed E-state index contributed by atoms with van der Waals surface area (Å²) >= 11 is 0. The van der Waals surface area contributed by atoms with Crippen LogP contribution in [0.4, 0.5) is 5.69 Å². The Bertz CT molecular complexity index is 2420. The van der Waals surface area contributed by atoms with Gasteiger partial charge in [0.15, 0.2) is 5.78 Å². The number of hydrogen-bond donors (Lipinski definition) is 1. The van der Waals surface area contributed by atoms with E-state index in [0.717, 1.165) is 36.1 Å². The fourth-order valence-electron chi connectivity index (χ4n) is 9.94. The number of anilines is 1. The molecule has 65 heavy (non-hydrogen) atoms. The summed E-state index contributed by atoms with van der Waals surface area (Å²) in [5.41, 5.74) is 0.577. The maximum atomic E-state index is 15.2. The second-order valence-electron chi connectivity index (χ2n) is 20.0. The van der Waals surface area contributed by atoms with Crippen LogP contribution in [0, 0.1) is 29.1 Å². The van der Waals surface area contributed by atoms with Crippen LogP contribution in [0.1, 0.15) is 92.4 Å². The van der Waals surface area contributed by atoms with E-state index in [1.54, 1.807) is 32.8 Å². The third-order valence-corrected chi connectivity index (χ3v) is 15.6. The quantitative estimate of drug-likeness (QED) is 0.163. The third-order valence-electron chi connectivity index (χ3n) is 13.8. The first-order valence-corrected chi connectivity index (χ1v) is 24.8. The van der Waals surface area contributed by atoms with E-state index in [1.165, 1.54) is 0 Å². The van der Waals surface area contributed by atoms with Crippen LogP contribution in [0.5, 0.6) is 11.6 Å². The van der Waals surface area contributed by atoms with Crippen molar-refractivity contribution in [1.29, 1.82) is 0 Å². The molecule has 7 atom stereocenters. The normalized spacial score (nSPS) is 28.3. The first-order valence-electron chi connectivity index (χ1n) is 23.3. The zero-order valence-electron chi connectivity index (χ0n) is 38.5. The Morgan fingerprint density at radius 3 is 2.42 bits per heavy atom. The van der Waals surface area contributed by atoms with Crippen molar-refractivity contribution >= 4 is 50.1 Å². The molecule has 8 rings (SSSR count). The number of amides is 2. The minimum Gasteiger partial charge on any atom is -0.497 e. The van der Waals surface area contributed by atoms with Crippen LogP contribution in [0.15, 0.2) is 60.7 Å². The van der Waals surface area contributed by atoms with Gasteiger partial charge in [-0.1, -0.05) is 38.1 Å². The largest absolute Gasteiger partial charge is 0.497 e. The maximum absolute atomic E-state index is 15.2. The van der Waals surface area contributed by atoms with E-state index in [1.807, 2.05) is 55.5 Å². The van der Waals surface area contributed by atoms with Gasteiger partial charge in [-0.05, 0) is 119 Å². The molecule has 3 aromatic rings. The monoisotopic (exact) mass is 912 g/mol. The molecule has 2 aliphatic carbocycles. The van der Waals surface area contributed by atoms with Crippen LogP contribution < -0.4 is 19.1 Å². The first kappa shape index (κ1) is 46.5. The van der Waals surface area contributed by atoms with Crippen molar-refractivity contribution < 1.29 is 46.5 Å². The Hall–Kier alpha value is -5.02. The standard InChI is InChI=1S/C50H64N4O10S/c1-31-9-7-8-10-35-28-50(35,48(58)52-65(59,60)39-16-17-39)29-44(55)43-26-38(30-54(43)47(57)41(32(2)23-31)27-45(56)64-49(3,4)5)63-46-40-18-15-37(61-6)24-34(40)25-42(51-46)33-11-13-36(14-12-33)53-19-21-62-22-20-53/h8,10-15,18,24-25,31-32,35,38-39,41,43H,7,9,16-17,19-23,26-30H2,1-6H3,(H,52,58)/b10-8-/t31-,32-,35-,38-,41+,43+,50-/m1/s1. The molecule has 1 aromatic heterocycles. The molecule has 0 unspecified atom stereocenters. The molecule has 2 saturated carbocycles. The Balaban J connectivity index is 1.14. The van der Waals surface area contributed by atoms with E-state index >= 15 is 4.79 Å². The van der Waals surface area contributed by atoms with Gasteiger partial charge in [0, 0.05) is 42.6 Å². The number of esters is 1. The number of ketones is 1. The number of benzene rings is 2. The third kappa shape index (κ3) is 10.7. The lowest BCUT2D eigenvalue weighted by Crippen LogP contribution is -2.47. The van der Waals surface area contributed by atoms with Crippen LogP contribution in [-0.4, -0.2) is 105 Å². The van der Waals surface area contributed by atoms with Gasteiger partial charge in [0.2, 0.25) is 27.7 Å². The Labute approximate surface area is 382 Å². The Morgan fingerprint density at radius 2 is 1.72 bits per heavy atom. The highest BCUT2D eigenvalue weighted by molar-refractivity contribution is 7.90. The second-order valence-corrected chi connectivity index (χ2v) is 22.0. The lowest BCUT2D eigenvalue weighted by atomic mass is 9.82. The highest BCUT2D eigenvalue weighted by Crippen LogP contribution is 2.57. The number of rotatable bonds is 10. The van der Waals surface area contributed by atoms with Gasteiger partial charge in [-0.15, -0.1) is 0 Å². The van der Waals surface area contributed by atoms with Gasteiger partial charge in [-0.3, -0.25) is 23.9 Å². The van der Waals surface area contributed by atoms with Gasteiger partial charge < -0.3 is 28.7 Å². The van der Waals surface area contributed by atoms with E-state index in [9.17, 15) is 22.8 Å². The van der Waals surface area contributed by atoms with Crippen molar-refractivity contribution in [3.05, 3.63) is 60.7 Å². The van der Waals surface area contributed by atoms with E-state index in [0.29, 0.717) is 68.0 Å². The summed E-state index contributed by atoms with van der Waals surface area (Å²) in [5.74, 6) is -2.09. The van der Waals surface area contributed by atoms with Crippen molar-refractivity contribution in [3.8, 4) is 22.9 Å². The number of hydrogen-bond acceptors (Lipinski definition) is 12. The smallest absolute Gasteiger partial charge is 0.307 e. The lowest BCUT2D eigenvalue weighted by Gasteiger charge is -2.32. The van der Waals surface area contributed by atoms with Gasteiger partial charge in [0.25, 0.3) is 0 Å². The minimum atomic E-state index is -3.88. The fourth-order valence-corrected chi connectivity index (χ4v) is 11.3. The van der Waals surface area contributed by atoms with Crippen LogP contribution >= 0.6 is 0 Å². The topological polar surface area (TPSA) is 171 Å². The number of nitrogens with zero attached hydrogens (tertiary/aromatic N) is 3. The summed E-state index contributed by atoms with van der Waals surface area (Å²) < 4.78 is 52.2. The summed E-state index contributed by atoms with van der Waals surface area (Å²) in [4.78, 5) is 66.5. The molecule has 3 aliphatic heterocycles. The summed E-state index contributed by atoms with van der Waals surface area (Å²) in [7, 11) is -2.28. The van der Waals surface area contributed by atoms with E-state index in [4.69, 9.17) is 23.9 Å². The molecular formula is C50H64N4O10S. The van der Waals surface area contributed by atoms with Gasteiger partial charge in [0.05, 0.1) is 61.6 Å². The molecule has 4 heterocycles. The Morgan fingerprint density at radius 1 is 0.985 bits per heavy atom. The van der Waals surface area contributed by atoms with Crippen molar-refractivity contribution in [2.45, 2.75) is 115 Å². The molecule has 5 aliphatic rings. The molecule has 4 fully saturated rings. The van der Waals surface area contributed by atoms with Crippen molar-refractivity contribution in [3.63, 3.8) is 0 Å². The number of sulfonamides is 1. The van der Waals surface area contributed by atoms with Gasteiger partial charge in [-0.2, -0.15) is 0 Å². The average Bonchev–Trinajstić information content (AvgIpc) is 4.20. The van der Waals surface area contributed by atoms with Gasteiger partial charge in [0.1, 0.15) is 17.5 Å². The average molecular weight is 913 g/mol. The van der Waals surface area contributed by atoms with Crippen LogP contribution in [-0.2, 0) is 38.7 Å². The fraction of sp³-hybridized carbons (Fsp3) is 0.580. The van der Waals surface area contributed by atoms with Crippen LogP contribution in [0.25, 0.3) is 22.0 Å². The molecule has 2 saturated heterocycles. The number of carbonyl (C=O) groups is 4. The highest BCUT2D eigenvalue weighted by atomic mass is 32.2. The van der Waals surface area contributed by atoms with Crippen molar-refractivity contribution in [1.82, 2.24) is 14.6 Å². The molecular weight excluding hydrogens is 849 g/mol. The number of ether oxygens (including phenoxy) is 4. The predicted octanol–water partition coefficient (Wildman–Crippen LogP) is 7.03. The molecule has 350 valence electrons.